The molecule has 0 spiro atoms. The van der Waals surface area contributed by atoms with Crippen LogP contribution < -0.4 is 0 Å². The first-order valence-electron chi connectivity index (χ1n) is 4.02. The van der Waals surface area contributed by atoms with Gasteiger partial charge in [0.15, 0.2) is 0 Å². The Bertz CT molecular complexity index is 404. The van der Waals surface area contributed by atoms with Crippen LogP contribution in [-0.4, -0.2) is 10.9 Å². The Morgan fingerprint density at radius 3 is 2.38 bits per heavy atom. The molecule has 13 heavy (non-hydrogen) atoms. The van der Waals surface area contributed by atoms with Crippen molar-refractivity contribution in [1.29, 1.82) is 0 Å². The summed E-state index contributed by atoms with van der Waals surface area (Å²) in [5, 5.41) is 0. The number of aromatic nitrogens is 1. The van der Waals surface area contributed by atoms with E-state index in [-0.39, 0.29) is 0 Å². The molecule has 2 rings (SSSR count). The minimum atomic E-state index is 0.582. The molecule has 1 aromatic carbocycles. The Balaban J connectivity index is 2.57. The highest BCUT2D eigenvalue weighted by Gasteiger charge is 2.00. The van der Waals surface area contributed by atoms with Crippen molar-refractivity contribution in [3.63, 3.8) is 0 Å². The van der Waals surface area contributed by atoms with Gasteiger partial charge in [-0.05, 0) is 24.3 Å². The van der Waals surface area contributed by atoms with Crippen molar-refractivity contribution in [3.05, 3.63) is 54.4 Å². The van der Waals surface area contributed by atoms with E-state index in [1.807, 2.05) is 53.6 Å². The van der Waals surface area contributed by atoms with E-state index in [2.05, 4.69) is 0 Å². The van der Waals surface area contributed by atoms with Gasteiger partial charge >= 0.3 is 0 Å². The molecule has 0 N–H and O–H groups in total. The lowest BCUT2D eigenvalue weighted by molar-refractivity contribution is 0.562. The van der Waals surface area contributed by atoms with E-state index in [1.54, 1.807) is 6.07 Å². The summed E-state index contributed by atoms with van der Waals surface area (Å²) in [6.07, 6.45) is 5.71. The summed E-state index contributed by atoms with van der Waals surface area (Å²) in [7, 11) is 0. The number of hydrogen-bond acceptors (Lipinski definition) is 1. The summed E-state index contributed by atoms with van der Waals surface area (Å²) in [5.41, 5.74) is 1.45. The third-order valence-corrected chi connectivity index (χ3v) is 1.90. The second-order valence-electron chi connectivity index (χ2n) is 2.71. The molecule has 0 unspecified atom stereocenters. The highest BCUT2D eigenvalue weighted by molar-refractivity contribution is 5.81. The fourth-order valence-corrected chi connectivity index (χ4v) is 1.28. The summed E-state index contributed by atoms with van der Waals surface area (Å²) in [6.45, 7) is 0. The molecule has 1 heterocycles. The van der Waals surface area contributed by atoms with E-state index in [0.29, 0.717) is 5.56 Å². The Hall–Kier alpha value is -1.83. The largest absolute Gasteiger partial charge is 0.323 e. The molecule has 0 amide bonds. The molecule has 63 valence electrons. The van der Waals surface area contributed by atoms with Crippen LogP contribution in [0.1, 0.15) is 5.56 Å². The maximum atomic E-state index is 10.6. The summed E-state index contributed by atoms with van der Waals surface area (Å²) in [4.78, 5) is 10.6. The zero-order chi connectivity index (χ0) is 9.10. The van der Waals surface area contributed by atoms with Crippen molar-refractivity contribution in [2.75, 3.05) is 0 Å². The van der Waals surface area contributed by atoms with Crippen LogP contribution in [0, 0.1) is 0 Å². The molecule has 2 aromatic rings. The molecule has 0 atom stereocenters. The number of rotatable bonds is 2. The van der Waals surface area contributed by atoms with Gasteiger partial charge in [-0.3, -0.25) is 4.79 Å². The molecular weight excluding hydrogens is 162 g/mol. The van der Waals surface area contributed by atoms with Crippen LogP contribution in [0.4, 0.5) is 0 Å². The SMILES string of the molecule is O=[C]c1ccccc1-n1cccc1. The van der Waals surface area contributed by atoms with Gasteiger partial charge in [0.1, 0.15) is 0 Å². The molecule has 0 aliphatic carbocycles. The van der Waals surface area contributed by atoms with E-state index in [0.717, 1.165) is 5.69 Å². The smallest absolute Gasteiger partial charge is 0.235 e. The summed E-state index contributed by atoms with van der Waals surface area (Å²) < 4.78 is 1.89. The first-order chi connectivity index (χ1) is 6.42. The van der Waals surface area contributed by atoms with Crippen molar-refractivity contribution in [1.82, 2.24) is 4.57 Å². The van der Waals surface area contributed by atoms with Crippen LogP contribution >= 0.6 is 0 Å². The van der Waals surface area contributed by atoms with Gasteiger partial charge in [-0.2, -0.15) is 0 Å². The summed E-state index contributed by atoms with van der Waals surface area (Å²) in [5.74, 6) is 0. The van der Waals surface area contributed by atoms with Crippen molar-refractivity contribution in [3.8, 4) is 5.69 Å². The third kappa shape index (κ3) is 1.38. The van der Waals surface area contributed by atoms with Gasteiger partial charge in [0.05, 0.1) is 11.3 Å². The maximum Gasteiger partial charge on any atom is 0.235 e. The maximum absolute atomic E-state index is 10.6. The Morgan fingerprint density at radius 1 is 1.00 bits per heavy atom. The van der Waals surface area contributed by atoms with Crippen molar-refractivity contribution >= 4 is 6.29 Å². The van der Waals surface area contributed by atoms with E-state index in [9.17, 15) is 4.79 Å². The first kappa shape index (κ1) is 7.80. The van der Waals surface area contributed by atoms with Crippen LogP contribution in [0.15, 0.2) is 48.8 Å². The van der Waals surface area contributed by atoms with Gasteiger partial charge in [-0.1, -0.05) is 12.1 Å². The average molecular weight is 170 g/mol. The molecule has 2 heteroatoms. The molecule has 0 bridgehead atoms. The van der Waals surface area contributed by atoms with Crippen LogP contribution in [0.5, 0.6) is 0 Å². The summed E-state index contributed by atoms with van der Waals surface area (Å²) >= 11 is 0. The Labute approximate surface area is 76.4 Å². The number of hydrogen-bond donors (Lipinski definition) is 0. The van der Waals surface area contributed by atoms with Gasteiger partial charge in [0.25, 0.3) is 0 Å². The molecule has 0 saturated carbocycles. The molecule has 2 nitrogen and oxygen atoms in total. The lowest BCUT2D eigenvalue weighted by Gasteiger charge is -2.03. The molecule has 1 radical (unpaired) electrons. The number of para-hydroxylation sites is 1. The first-order valence-corrected chi connectivity index (χ1v) is 4.02. The zero-order valence-corrected chi connectivity index (χ0v) is 6.97. The van der Waals surface area contributed by atoms with Gasteiger partial charge in [0.2, 0.25) is 6.29 Å². The molecule has 0 fully saturated rings. The fourth-order valence-electron chi connectivity index (χ4n) is 1.28. The topological polar surface area (TPSA) is 22.0 Å². The number of benzene rings is 1. The molecule has 0 aliphatic rings. The molecule has 0 aliphatic heterocycles. The van der Waals surface area contributed by atoms with Crippen LogP contribution in [0.3, 0.4) is 0 Å². The monoisotopic (exact) mass is 170 g/mol. The normalized spacial score (nSPS) is 9.85. The van der Waals surface area contributed by atoms with Gasteiger partial charge < -0.3 is 4.57 Å². The Kier molecular flexibility index (Phi) is 1.96. The van der Waals surface area contributed by atoms with E-state index in [4.69, 9.17) is 0 Å². The Morgan fingerprint density at radius 2 is 1.69 bits per heavy atom. The standard InChI is InChI=1S/C11H8NO/c13-9-10-5-1-2-6-11(10)12-7-3-4-8-12/h1-8H. The second kappa shape index (κ2) is 3.27. The highest BCUT2D eigenvalue weighted by atomic mass is 16.1. The minimum Gasteiger partial charge on any atom is -0.323 e. The molecule has 0 saturated heterocycles. The zero-order valence-electron chi connectivity index (χ0n) is 6.97. The lowest BCUT2D eigenvalue weighted by Crippen LogP contribution is -1.95. The van der Waals surface area contributed by atoms with E-state index in [1.165, 1.54) is 0 Å². The van der Waals surface area contributed by atoms with Crippen LogP contribution in [0.25, 0.3) is 5.69 Å². The quantitative estimate of drug-likeness (QED) is 0.675. The number of nitrogens with zero attached hydrogens (tertiary/aromatic N) is 1. The molecular formula is C11H8NO. The number of carbonyl (C=O) groups excluding carboxylic acids is 1. The third-order valence-electron chi connectivity index (χ3n) is 1.90. The van der Waals surface area contributed by atoms with Crippen molar-refractivity contribution < 1.29 is 4.79 Å². The van der Waals surface area contributed by atoms with Gasteiger partial charge in [-0.15, -0.1) is 0 Å². The van der Waals surface area contributed by atoms with E-state index >= 15 is 0 Å². The van der Waals surface area contributed by atoms with Crippen molar-refractivity contribution in [2.24, 2.45) is 0 Å². The predicted molar refractivity (Wildman–Crippen MR) is 50.6 cm³/mol. The minimum absolute atomic E-state index is 0.582. The van der Waals surface area contributed by atoms with Gasteiger partial charge in [-0.25, -0.2) is 0 Å². The predicted octanol–water partition coefficient (Wildman–Crippen LogP) is 1.94. The lowest BCUT2D eigenvalue weighted by atomic mass is 10.2. The van der Waals surface area contributed by atoms with Crippen LogP contribution in [-0.2, 0) is 4.79 Å². The van der Waals surface area contributed by atoms with E-state index < -0.39 is 0 Å². The fraction of sp³-hybridized carbons (Fsp3) is 0. The summed E-state index contributed by atoms with van der Waals surface area (Å²) in [6, 6.07) is 11.2. The van der Waals surface area contributed by atoms with Gasteiger partial charge in [0, 0.05) is 12.4 Å². The second-order valence-corrected chi connectivity index (χ2v) is 2.71. The van der Waals surface area contributed by atoms with Crippen LogP contribution in [0.2, 0.25) is 0 Å². The highest BCUT2D eigenvalue weighted by Crippen LogP contribution is 2.11. The molecule has 1 aromatic heterocycles. The average Bonchev–Trinajstić information content (AvgIpc) is 2.70. The van der Waals surface area contributed by atoms with Crippen molar-refractivity contribution in [2.45, 2.75) is 0 Å².